The first-order valence-corrected chi connectivity index (χ1v) is 5.78. The van der Waals surface area contributed by atoms with Gasteiger partial charge in [-0.1, -0.05) is 41.7 Å². The minimum Gasteiger partial charge on any atom is -0.305 e. The largest absolute Gasteiger partial charge is 0.305 e. The summed E-state index contributed by atoms with van der Waals surface area (Å²) in [7, 11) is 2.20. The van der Waals surface area contributed by atoms with Crippen LogP contribution in [0.3, 0.4) is 0 Å². The normalized spacial score (nSPS) is 34.7. The fourth-order valence-corrected chi connectivity index (χ4v) is 1.93. The van der Waals surface area contributed by atoms with E-state index in [0.29, 0.717) is 9.34 Å². The van der Waals surface area contributed by atoms with Crippen LogP contribution in [0.1, 0.15) is 20.3 Å². The van der Waals surface area contributed by atoms with Crippen LogP contribution in [0.25, 0.3) is 0 Å². The summed E-state index contributed by atoms with van der Waals surface area (Å²) in [5.74, 6) is 0. The third-order valence-electron chi connectivity index (χ3n) is 2.46. The molecule has 0 saturated carbocycles. The van der Waals surface area contributed by atoms with Crippen molar-refractivity contribution in [2.24, 2.45) is 5.41 Å². The molecule has 0 amide bonds. The van der Waals surface area contributed by atoms with Crippen LogP contribution in [0, 0.1) is 5.41 Å². The van der Waals surface area contributed by atoms with Crippen molar-refractivity contribution in [3.05, 3.63) is 12.2 Å². The zero-order valence-corrected chi connectivity index (χ0v) is 10.3. The first-order chi connectivity index (χ1) is 5.52. The van der Waals surface area contributed by atoms with Gasteiger partial charge in [-0.3, -0.25) is 0 Å². The molecule has 0 spiro atoms. The molecule has 2 atom stereocenters. The Kier molecular flexibility index (Phi) is 3.58. The molecule has 1 nitrogen and oxygen atoms in total. The predicted octanol–water partition coefficient (Wildman–Crippen LogP) is 2.71. The molecule has 70 valence electrons. The summed E-state index contributed by atoms with van der Waals surface area (Å²) in [6.45, 7) is 7.04. The number of hydrogen-bond acceptors (Lipinski definition) is 1. The van der Waals surface area contributed by atoms with Gasteiger partial charge in [-0.2, -0.15) is 0 Å². The third-order valence-corrected chi connectivity index (χ3v) is 2.87. The molecular formula is C10H18IN. The Hall–Kier alpha value is 0.430. The van der Waals surface area contributed by atoms with E-state index in [1.54, 1.807) is 0 Å². The number of halogens is 1. The van der Waals surface area contributed by atoms with Crippen molar-refractivity contribution < 1.29 is 0 Å². The fraction of sp³-hybridized carbons (Fsp3) is 0.800. The summed E-state index contributed by atoms with van der Waals surface area (Å²) in [6.07, 6.45) is 6.02. The summed E-state index contributed by atoms with van der Waals surface area (Å²) in [5.41, 5.74) is 0.439. The predicted molar refractivity (Wildman–Crippen MR) is 62.8 cm³/mol. The van der Waals surface area contributed by atoms with Gasteiger partial charge < -0.3 is 4.90 Å². The molecule has 0 aromatic rings. The van der Waals surface area contributed by atoms with E-state index in [2.05, 4.69) is 60.5 Å². The molecule has 0 aromatic carbocycles. The van der Waals surface area contributed by atoms with Crippen LogP contribution in [0.2, 0.25) is 0 Å². The van der Waals surface area contributed by atoms with Gasteiger partial charge in [0.25, 0.3) is 0 Å². The number of alkyl halides is 1. The second-order valence-electron chi connectivity index (χ2n) is 4.18. The Morgan fingerprint density at radius 3 is 2.67 bits per heavy atom. The monoisotopic (exact) mass is 279 g/mol. The fourth-order valence-electron chi connectivity index (χ4n) is 1.72. The summed E-state index contributed by atoms with van der Waals surface area (Å²) in [5, 5.41) is 0. The summed E-state index contributed by atoms with van der Waals surface area (Å²) < 4.78 is 0.658. The van der Waals surface area contributed by atoms with Gasteiger partial charge in [0.15, 0.2) is 0 Å². The lowest BCUT2D eigenvalue weighted by atomic mass is 9.89. The maximum Gasteiger partial charge on any atom is 0.0261 e. The van der Waals surface area contributed by atoms with E-state index in [1.807, 2.05) is 0 Å². The highest BCUT2D eigenvalue weighted by Crippen LogP contribution is 2.30. The lowest BCUT2D eigenvalue weighted by molar-refractivity contribution is 0.365. The number of nitrogens with zero attached hydrogens (tertiary/aromatic N) is 1. The van der Waals surface area contributed by atoms with Gasteiger partial charge in [-0.25, -0.2) is 0 Å². The molecule has 0 N–H and O–H groups in total. The zero-order valence-electron chi connectivity index (χ0n) is 8.18. The SMILES string of the molecule is C[C@@H](I)/C=C/[C@@]1(C)CCN(C)C1. The maximum atomic E-state index is 2.44. The summed E-state index contributed by atoms with van der Waals surface area (Å²) >= 11 is 2.44. The van der Waals surface area contributed by atoms with Crippen molar-refractivity contribution in [1.29, 1.82) is 0 Å². The van der Waals surface area contributed by atoms with Crippen LogP contribution in [-0.4, -0.2) is 29.0 Å². The lowest BCUT2D eigenvalue weighted by Gasteiger charge is -2.18. The molecule has 1 heterocycles. The zero-order chi connectivity index (χ0) is 9.19. The number of allylic oxidation sites excluding steroid dienone is 1. The lowest BCUT2D eigenvalue weighted by Crippen LogP contribution is -2.19. The standard InChI is InChI=1S/C10H18IN/c1-9(11)4-5-10(2)6-7-12(3)8-10/h4-5,9H,6-8H2,1-3H3/b5-4+/t9-,10+/m1/s1. The molecule has 0 aliphatic carbocycles. The molecule has 1 aliphatic rings. The topological polar surface area (TPSA) is 3.24 Å². The van der Waals surface area contributed by atoms with Crippen molar-refractivity contribution in [3.8, 4) is 0 Å². The van der Waals surface area contributed by atoms with E-state index < -0.39 is 0 Å². The minimum atomic E-state index is 0.439. The Balaban J connectivity index is 2.50. The second kappa shape index (κ2) is 4.09. The van der Waals surface area contributed by atoms with E-state index in [9.17, 15) is 0 Å². The van der Waals surface area contributed by atoms with E-state index in [4.69, 9.17) is 0 Å². The molecule has 2 heteroatoms. The highest BCUT2D eigenvalue weighted by Gasteiger charge is 2.28. The van der Waals surface area contributed by atoms with Gasteiger partial charge in [0.05, 0.1) is 0 Å². The molecule has 0 bridgehead atoms. The summed E-state index contributed by atoms with van der Waals surface area (Å²) in [6, 6.07) is 0. The number of rotatable bonds is 2. The maximum absolute atomic E-state index is 2.44. The third kappa shape index (κ3) is 3.05. The van der Waals surface area contributed by atoms with Gasteiger partial charge in [0.2, 0.25) is 0 Å². The summed E-state index contributed by atoms with van der Waals surface area (Å²) in [4.78, 5) is 2.40. The Morgan fingerprint density at radius 1 is 1.58 bits per heavy atom. The first kappa shape index (κ1) is 10.5. The molecule has 0 aromatic heterocycles. The molecule has 12 heavy (non-hydrogen) atoms. The van der Waals surface area contributed by atoms with Crippen LogP contribution in [0.4, 0.5) is 0 Å². The molecular weight excluding hydrogens is 261 g/mol. The average Bonchev–Trinajstić information content (AvgIpc) is 2.29. The van der Waals surface area contributed by atoms with E-state index in [0.717, 1.165) is 0 Å². The van der Waals surface area contributed by atoms with E-state index in [1.165, 1.54) is 19.5 Å². The molecule has 1 rings (SSSR count). The van der Waals surface area contributed by atoms with Crippen molar-refractivity contribution in [1.82, 2.24) is 4.90 Å². The average molecular weight is 279 g/mol. The van der Waals surface area contributed by atoms with Gasteiger partial charge in [0.1, 0.15) is 0 Å². The van der Waals surface area contributed by atoms with Crippen molar-refractivity contribution >= 4 is 22.6 Å². The smallest absolute Gasteiger partial charge is 0.0261 e. The van der Waals surface area contributed by atoms with E-state index >= 15 is 0 Å². The first-order valence-electron chi connectivity index (χ1n) is 4.54. The van der Waals surface area contributed by atoms with Crippen molar-refractivity contribution in [2.45, 2.75) is 24.2 Å². The van der Waals surface area contributed by atoms with Crippen LogP contribution in [0.15, 0.2) is 12.2 Å². The molecule has 1 aliphatic heterocycles. The highest BCUT2D eigenvalue weighted by atomic mass is 127. The van der Waals surface area contributed by atoms with Crippen LogP contribution >= 0.6 is 22.6 Å². The van der Waals surface area contributed by atoms with Gasteiger partial charge in [0, 0.05) is 10.5 Å². The molecule has 0 unspecified atom stereocenters. The van der Waals surface area contributed by atoms with Crippen LogP contribution in [0.5, 0.6) is 0 Å². The molecule has 0 radical (unpaired) electrons. The molecule has 1 saturated heterocycles. The number of likely N-dealkylation sites (tertiary alicyclic amines) is 1. The second-order valence-corrected chi connectivity index (χ2v) is 6.14. The van der Waals surface area contributed by atoms with Crippen molar-refractivity contribution in [2.75, 3.05) is 20.1 Å². The minimum absolute atomic E-state index is 0.439. The molecule has 1 fully saturated rings. The Bertz CT molecular complexity index is 177. The van der Waals surface area contributed by atoms with Crippen LogP contribution in [-0.2, 0) is 0 Å². The van der Waals surface area contributed by atoms with Crippen molar-refractivity contribution in [3.63, 3.8) is 0 Å². The van der Waals surface area contributed by atoms with Gasteiger partial charge in [-0.15, -0.1) is 0 Å². The van der Waals surface area contributed by atoms with Gasteiger partial charge in [-0.05, 0) is 32.4 Å². The van der Waals surface area contributed by atoms with E-state index in [-0.39, 0.29) is 0 Å². The quantitative estimate of drug-likeness (QED) is 0.427. The number of hydrogen-bond donors (Lipinski definition) is 0. The Morgan fingerprint density at radius 2 is 2.25 bits per heavy atom. The van der Waals surface area contributed by atoms with Crippen LogP contribution < -0.4 is 0 Å². The highest BCUT2D eigenvalue weighted by molar-refractivity contribution is 14.1. The van der Waals surface area contributed by atoms with Gasteiger partial charge >= 0.3 is 0 Å². The Labute approximate surface area is 89.3 Å².